The van der Waals surface area contributed by atoms with Crippen LogP contribution in [0.1, 0.15) is 19.0 Å². The number of carbonyl (C=O) groups excluding carboxylic acids is 1. The zero-order valence-corrected chi connectivity index (χ0v) is 13.7. The van der Waals surface area contributed by atoms with E-state index in [0.717, 1.165) is 0 Å². The van der Waals surface area contributed by atoms with Crippen molar-refractivity contribution in [1.29, 1.82) is 0 Å². The zero-order valence-electron chi connectivity index (χ0n) is 11.9. The third kappa shape index (κ3) is 4.64. The van der Waals surface area contributed by atoms with Crippen LogP contribution in [0.5, 0.6) is 0 Å². The minimum absolute atomic E-state index is 0. The number of hydrogen-bond donors (Lipinski definition) is 1. The topological polar surface area (TPSA) is 67.3 Å². The number of Topliss-reactive ketones (excluding diaryl/α,β-unsaturated/α-hetero) is 1. The lowest BCUT2D eigenvalue weighted by Gasteiger charge is -2.03. The number of nitrogens with zero attached hydrogens (tertiary/aromatic N) is 1. The van der Waals surface area contributed by atoms with Gasteiger partial charge in [-0.2, -0.15) is 13.5 Å². The van der Waals surface area contributed by atoms with Crippen molar-refractivity contribution in [3.05, 3.63) is 41.2 Å². The number of aromatic nitrogens is 1. The van der Waals surface area contributed by atoms with Gasteiger partial charge in [0.2, 0.25) is 0 Å². The van der Waals surface area contributed by atoms with Crippen LogP contribution in [0.3, 0.4) is 0 Å². The fourth-order valence-electron chi connectivity index (χ4n) is 1.85. The Labute approximate surface area is 138 Å². The smallest absolute Gasteiger partial charge is 0.306 e. The average molecular weight is 341 g/mol. The van der Waals surface area contributed by atoms with Gasteiger partial charge in [0, 0.05) is 23.8 Å². The maximum absolute atomic E-state index is 13.6. The van der Waals surface area contributed by atoms with Crippen molar-refractivity contribution in [2.24, 2.45) is 5.92 Å². The summed E-state index contributed by atoms with van der Waals surface area (Å²) in [5.74, 6) is -2.24. The Hall–Kier alpha value is -1.73. The molecule has 1 atom stereocenters. The Bertz CT molecular complexity index is 672. The predicted molar refractivity (Wildman–Crippen MR) is 88.0 cm³/mol. The number of hydrogen-bond acceptors (Lipinski definition) is 4. The van der Waals surface area contributed by atoms with Crippen molar-refractivity contribution < 1.29 is 19.1 Å². The van der Waals surface area contributed by atoms with Gasteiger partial charge in [-0.25, -0.2) is 9.37 Å². The zero-order chi connectivity index (χ0) is 15.4. The molecule has 0 saturated heterocycles. The largest absolute Gasteiger partial charge is 0.481 e. The monoisotopic (exact) mass is 341 g/mol. The summed E-state index contributed by atoms with van der Waals surface area (Å²) in [5.41, 5.74) is 0.945. The molecular formula is C15H16FNO3S2. The van der Waals surface area contributed by atoms with E-state index in [1.54, 1.807) is 23.6 Å². The summed E-state index contributed by atoms with van der Waals surface area (Å²) in [4.78, 5) is 26.7. The van der Waals surface area contributed by atoms with E-state index in [4.69, 9.17) is 5.11 Å². The van der Waals surface area contributed by atoms with E-state index in [1.807, 2.05) is 0 Å². The van der Waals surface area contributed by atoms with Crippen LogP contribution in [0.15, 0.2) is 29.6 Å². The molecule has 0 radical (unpaired) electrons. The first-order valence-corrected chi connectivity index (χ1v) is 7.29. The van der Waals surface area contributed by atoms with Crippen LogP contribution in [-0.4, -0.2) is 21.8 Å². The van der Waals surface area contributed by atoms with E-state index in [0.29, 0.717) is 16.3 Å². The van der Waals surface area contributed by atoms with Crippen LogP contribution < -0.4 is 0 Å². The molecule has 7 heteroatoms. The van der Waals surface area contributed by atoms with Crippen molar-refractivity contribution in [2.45, 2.75) is 19.8 Å². The predicted octanol–water partition coefficient (Wildman–Crippen LogP) is 3.28. The second kappa shape index (κ2) is 8.05. The SMILES string of the molecule is C[C@H](CC(=O)Cc1csc(-c2ccccc2F)n1)C(=O)O.S. The number of halogens is 1. The van der Waals surface area contributed by atoms with Gasteiger partial charge in [0.15, 0.2) is 0 Å². The van der Waals surface area contributed by atoms with Crippen molar-refractivity contribution in [2.75, 3.05) is 0 Å². The molecular weight excluding hydrogens is 325 g/mol. The first kappa shape index (κ1) is 18.3. The molecule has 0 unspecified atom stereocenters. The van der Waals surface area contributed by atoms with Crippen molar-refractivity contribution in [3.8, 4) is 10.6 Å². The standard InChI is InChI=1S/C15H14FNO3S.H2S/c1-9(15(19)20)6-11(18)7-10-8-21-14(17-10)12-4-2-3-5-13(12)16;/h2-5,8-9H,6-7H2,1H3,(H,19,20);1H2/t9-;/m1./s1. The highest BCUT2D eigenvalue weighted by molar-refractivity contribution is 7.59. The Morgan fingerprint density at radius 1 is 1.36 bits per heavy atom. The quantitative estimate of drug-likeness (QED) is 0.875. The van der Waals surface area contributed by atoms with E-state index in [9.17, 15) is 14.0 Å². The molecule has 0 amide bonds. The molecule has 118 valence electrons. The highest BCUT2D eigenvalue weighted by Crippen LogP contribution is 2.26. The van der Waals surface area contributed by atoms with Gasteiger partial charge in [-0.1, -0.05) is 19.1 Å². The van der Waals surface area contributed by atoms with Crippen LogP contribution in [0.25, 0.3) is 10.6 Å². The molecule has 1 heterocycles. The van der Waals surface area contributed by atoms with E-state index in [-0.39, 0.29) is 37.9 Å². The van der Waals surface area contributed by atoms with Crippen molar-refractivity contribution in [1.82, 2.24) is 4.98 Å². The number of benzene rings is 1. The minimum Gasteiger partial charge on any atom is -0.481 e. The summed E-state index contributed by atoms with van der Waals surface area (Å²) in [5, 5.41) is 11.0. The van der Waals surface area contributed by atoms with Gasteiger partial charge in [0.1, 0.15) is 16.6 Å². The molecule has 0 aliphatic carbocycles. The molecule has 0 fully saturated rings. The number of ketones is 1. The van der Waals surface area contributed by atoms with Crippen molar-refractivity contribution in [3.63, 3.8) is 0 Å². The fourth-order valence-corrected chi connectivity index (χ4v) is 2.70. The molecule has 0 aliphatic rings. The Kier molecular flexibility index (Phi) is 6.70. The van der Waals surface area contributed by atoms with Crippen LogP contribution in [-0.2, 0) is 16.0 Å². The molecule has 0 spiro atoms. The second-order valence-electron chi connectivity index (χ2n) is 4.78. The Morgan fingerprint density at radius 2 is 2.05 bits per heavy atom. The number of carboxylic acid groups (broad SMARTS) is 1. The second-order valence-corrected chi connectivity index (χ2v) is 5.64. The Balaban J connectivity index is 0.00000242. The molecule has 1 aromatic carbocycles. The third-order valence-corrected chi connectivity index (χ3v) is 3.91. The van der Waals surface area contributed by atoms with Gasteiger partial charge in [0.05, 0.1) is 11.6 Å². The Morgan fingerprint density at radius 3 is 2.68 bits per heavy atom. The number of carbonyl (C=O) groups is 2. The summed E-state index contributed by atoms with van der Waals surface area (Å²) in [7, 11) is 0. The normalized spacial score (nSPS) is 11.5. The number of aliphatic carboxylic acids is 1. The summed E-state index contributed by atoms with van der Waals surface area (Å²) in [6.45, 7) is 1.49. The summed E-state index contributed by atoms with van der Waals surface area (Å²) in [6.07, 6.45) is 0.0461. The highest BCUT2D eigenvalue weighted by Gasteiger charge is 2.17. The average Bonchev–Trinajstić information content (AvgIpc) is 2.87. The molecule has 0 bridgehead atoms. The van der Waals surface area contributed by atoms with Gasteiger partial charge in [-0.05, 0) is 12.1 Å². The molecule has 22 heavy (non-hydrogen) atoms. The number of thiazole rings is 1. The summed E-state index contributed by atoms with van der Waals surface area (Å²) >= 11 is 1.26. The van der Waals surface area contributed by atoms with Gasteiger partial charge >= 0.3 is 5.97 Å². The van der Waals surface area contributed by atoms with Gasteiger partial charge in [-0.3, -0.25) is 9.59 Å². The molecule has 1 aromatic heterocycles. The minimum atomic E-state index is -0.992. The third-order valence-electron chi connectivity index (χ3n) is 2.99. The highest BCUT2D eigenvalue weighted by atomic mass is 32.1. The summed E-state index contributed by atoms with van der Waals surface area (Å²) in [6, 6.07) is 6.31. The lowest BCUT2D eigenvalue weighted by molar-refractivity contribution is -0.143. The molecule has 2 aromatic rings. The van der Waals surface area contributed by atoms with Crippen molar-refractivity contribution >= 4 is 36.6 Å². The van der Waals surface area contributed by atoms with E-state index in [1.165, 1.54) is 24.3 Å². The van der Waals surface area contributed by atoms with Crippen LogP contribution in [0, 0.1) is 11.7 Å². The maximum atomic E-state index is 13.6. The molecule has 1 N–H and O–H groups in total. The first-order valence-electron chi connectivity index (χ1n) is 6.41. The first-order chi connectivity index (χ1) is 9.97. The van der Waals surface area contributed by atoms with E-state index < -0.39 is 11.9 Å². The molecule has 0 aliphatic heterocycles. The molecule has 4 nitrogen and oxygen atoms in total. The van der Waals surface area contributed by atoms with Crippen LogP contribution in [0.4, 0.5) is 4.39 Å². The van der Waals surface area contributed by atoms with Crippen LogP contribution >= 0.6 is 24.8 Å². The lowest BCUT2D eigenvalue weighted by Crippen LogP contribution is -2.16. The number of rotatable bonds is 6. The fraction of sp³-hybridized carbons (Fsp3) is 0.267. The van der Waals surface area contributed by atoms with Gasteiger partial charge < -0.3 is 5.11 Å². The summed E-state index contributed by atoms with van der Waals surface area (Å²) < 4.78 is 13.6. The van der Waals surface area contributed by atoms with Gasteiger partial charge in [0.25, 0.3) is 0 Å². The molecule has 0 saturated carbocycles. The lowest BCUT2D eigenvalue weighted by atomic mass is 10.0. The van der Waals surface area contributed by atoms with E-state index in [2.05, 4.69) is 4.98 Å². The van der Waals surface area contributed by atoms with E-state index >= 15 is 0 Å². The molecule has 2 rings (SSSR count). The van der Waals surface area contributed by atoms with Gasteiger partial charge in [-0.15, -0.1) is 11.3 Å². The van der Waals surface area contributed by atoms with Crippen LogP contribution in [0.2, 0.25) is 0 Å². The maximum Gasteiger partial charge on any atom is 0.306 e. The number of carboxylic acids is 1.